The molecule has 1 aromatic heterocycles. The Balaban J connectivity index is 1.66. The molecule has 6 heteroatoms. The van der Waals surface area contributed by atoms with Crippen molar-refractivity contribution < 1.29 is 9.21 Å². The van der Waals surface area contributed by atoms with Crippen molar-refractivity contribution >= 4 is 23.4 Å². The summed E-state index contributed by atoms with van der Waals surface area (Å²) in [6.07, 6.45) is 0. The summed E-state index contributed by atoms with van der Waals surface area (Å²) in [4.78, 5) is 14.5. The molecule has 1 amide bonds. The van der Waals surface area contributed by atoms with Crippen LogP contribution < -0.4 is 4.90 Å². The monoisotopic (exact) mass is 409 g/mol. The van der Waals surface area contributed by atoms with Crippen LogP contribution in [0, 0.1) is 6.92 Å². The maximum Gasteiger partial charge on any atom is 0.277 e. The molecule has 3 rings (SSSR count). The van der Waals surface area contributed by atoms with Gasteiger partial charge in [0.2, 0.25) is 11.8 Å². The van der Waals surface area contributed by atoms with Crippen LogP contribution in [0.15, 0.2) is 58.2 Å². The number of para-hydroxylation sites is 1. The standard InChI is InChI=1S/C23H27N3O2S/c1-6-26(19-10-8-7-9-16(19)2)20(27)15-29-22-25-24-21(28-22)17-11-13-18(14-12-17)23(3,4)5/h7-14H,6,15H2,1-5H3. The molecule has 5 nitrogen and oxygen atoms in total. The molecule has 0 aliphatic heterocycles. The van der Waals surface area contributed by atoms with E-state index in [1.807, 2.05) is 50.2 Å². The van der Waals surface area contributed by atoms with Gasteiger partial charge in [0.25, 0.3) is 5.22 Å². The van der Waals surface area contributed by atoms with Crippen LogP contribution in [0.4, 0.5) is 5.69 Å². The Labute approximate surface area is 176 Å². The van der Waals surface area contributed by atoms with Crippen LogP contribution >= 0.6 is 11.8 Å². The van der Waals surface area contributed by atoms with E-state index in [4.69, 9.17) is 4.42 Å². The number of benzene rings is 2. The van der Waals surface area contributed by atoms with Crippen molar-refractivity contribution in [2.75, 3.05) is 17.2 Å². The Hall–Kier alpha value is -2.60. The fourth-order valence-electron chi connectivity index (χ4n) is 3.05. The second-order valence-electron chi connectivity index (χ2n) is 7.91. The number of thioether (sulfide) groups is 1. The average molecular weight is 410 g/mol. The van der Waals surface area contributed by atoms with Crippen LogP contribution in [-0.4, -0.2) is 28.4 Å². The van der Waals surface area contributed by atoms with Gasteiger partial charge in [-0.3, -0.25) is 4.79 Å². The summed E-state index contributed by atoms with van der Waals surface area (Å²) in [5, 5.41) is 8.62. The summed E-state index contributed by atoms with van der Waals surface area (Å²) < 4.78 is 5.76. The Kier molecular flexibility index (Phi) is 6.42. The van der Waals surface area contributed by atoms with Crippen molar-refractivity contribution in [3.63, 3.8) is 0 Å². The molecular formula is C23H27N3O2S. The molecule has 3 aromatic rings. The summed E-state index contributed by atoms with van der Waals surface area (Å²) in [6.45, 7) is 11.1. The number of nitrogens with zero attached hydrogens (tertiary/aromatic N) is 3. The Morgan fingerprint density at radius 1 is 1.07 bits per heavy atom. The zero-order chi connectivity index (χ0) is 21.0. The van der Waals surface area contributed by atoms with E-state index in [0.717, 1.165) is 16.8 Å². The van der Waals surface area contributed by atoms with Crippen molar-refractivity contribution in [2.24, 2.45) is 0 Å². The highest BCUT2D eigenvalue weighted by Gasteiger charge is 2.18. The van der Waals surface area contributed by atoms with E-state index in [1.165, 1.54) is 17.3 Å². The summed E-state index contributed by atoms with van der Waals surface area (Å²) in [5.74, 6) is 0.722. The van der Waals surface area contributed by atoms with E-state index >= 15 is 0 Å². The summed E-state index contributed by atoms with van der Waals surface area (Å²) in [7, 11) is 0. The van der Waals surface area contributed by atoms with Crippen molar-refractivity contribution in [3.8, 4) is 11.5 Å². The van der Waals surface area contributed by atoms with E-state index in [0.29, 0.717) is 17.7 Å². The molecule has 1 heterocycles. The van der Waals surface area contributed by atoms with E-state index < -0.39 is 0 Å². The number of hydrogen-bond donors (Lipinski definition) is 0. The number of anilines is 1. The number of hydrogen-bond acceptors (Lipinski definition) is 5. The minimum absolute atomic E-state index is 0.0149. The van der Waals surface area contributed by atoms with Crippen molar-refractivity contribution in [1.29, 1.82) is 0 Å². The number of carbonyl (C=O) groups excluding carboxylic acids is 1. The number of amides is 1. The second kappa shape index (κ2) is 8.82. The first kappa shape index (κ1) is 21.1. The van der Waals surface area contributed by atoms with E-state index in [1.54, 1.807) is 4.90 Å². The van der Waals surface area contributed by atoms with Gasteiger partial charge in [-0.25, -0.2) is 0 Å². The molecule has 0 saturated heterocycles. The highest BCUT2D eigenvalue weighted by Crippen LogP contribution is 2.28. The van der Waals surface area contributed by atoms with Crippen LogP contribution in [-0.2, 0) is 10.2 Å². The number of aromatic nitrogens is 2. The molecule has 0 spiro atoms. The van der Waals surface area contributed by atoms with Gasteiger partial charge in [-0.1, -0.05) is 62.9 Å². The van der Waals surface area contributed by atoms with Gasteiger partial charge in [-0.15, -0.1) is 10.2 Å². The third-order valence-electron chi connectivity index (χ3n) is 4.75. The lowest BCUT2D eigenvalue weighted by Gasteiger charge is -2.22. The van der Waals surface area contributed by atoms with Crippen LogP contribution in [0.5, 0.6) is 0 Å². The van der Waals surface area contributed by atoms with Crippen LogP contribution in [0.2, 0.25) is 0 Å². The molecule has 0 saturated carbocycles. The van der Waals surface area contributed by atoms with Crippen molar-refractivity contribution in [3.05, 3.63) is 59.7 Å². The fraction of sp³-hybridized carbons (Fsp3) is 0.348. The smallest absolute Gasteiger partial charge is 0.277 e. The minimum Gasteiger partial charge on any atom is -0.411 e. The number of aryl methyl sites for hydroxylation is 1. The summed E-state index contributed by atoms with van der Waals surface area (Å²) in [5.41, 5.74) is 4.23. The van der Waals surface area contributed by atoms with E-state index in [9.17, 15) is 4.79 Å². The van der Waals surface area contributed by atoms with Crippen LogP contribution in [0.3, 0.4) is 0 Å². The first-order valence-corrected chi connectivity index (χ1v) is 10.7. The van der Waals surface area contributed by atoms with Gasteiger partial charge in [-0.2, -0.15) is 0 Å². The van der Waals surface area contributed by atoms with Gasteiger partial charge < -0.3 is 9.32 Å². The highest BCUT2D eigenvalue weighted by atomic mass is 32.2. The van der Waals surface area contributed by atoms with Gasteiger partial charge in [0.05, 0.1) is 5.75 Å². The molecule has 0 atom stereocenters. The molecule has 152 valence electrons. The van der Waals surface area contributed by atoms with Crippen LogP contribution in [0.25, 0.3) is 11.5 Å². The second-order valence-corrected chi connectivity index (χ2v) is 8.84. The molecule has 0 radical (unpaired) electrons. The molecule has 0 fully saturated rings. The average Bonchev–Trinajstić information content (AvgIpc) is 3.17. The quantitative estimate of drug-likeness (QED) is 0.504. The zero-order valence-corrected chi connectivity index (χ0v) is 18.4. The first-order chi connectivity index (χ1) is 13.8. The summed E-state index contributed by atoms with van der Waals surface area (Å²) >= 11 is 1.26. The molecular weight excluding hydrogens is 382 g/mol. The van der Waals surface area contributed by atoms with Gasteiger partial charge in [0.15, 0.2) is 0 Å². The fourth-order valence-corrected chi connectivity index (χ4v) is 3.69. The maximum absolute atomic E-state index is 12.7. The lowest BCUT2D eigenvalue weighted by Crippen LogP contribution is -2.32. The first-order valence-electron chi connectivity index (χ1n) is 9.73. The Morgan fingerprint density at radius 2 is 1.76 bits per heavy atom. The van der Waals surface area contributed by atoms with Gasteiger partial charge in [0.1, 0.15) is 0 Å². The van der Waals surface area contributed by atoms with Gasteiger partial charge in [-0.05, 0) is 48.6 Å². The summed E-state index contributed by atoms with van der Waals surface area (Å²) in [6, 6.07) is 16.0. The topological polar surface area (TPSA) is 59.2 Å². The number of rotatable bonds is 6. The molecule has 0 unspecified atom stereocenters. The SMILES string of the molecule is CCN(C(=O)CSc1nnc(-c2ccc(C(C)(C)C)cc2)o1)c1ccccc1C. The van der Waals surface area contributed by atoms with Crippen LogP contribution in [0.1, 0.15) is 38.8 Å². The highest BCUT2D eigenvalue weighted by molar-refractivity contribution is 7.99. The largest absolute Gasteiger partial charge is 0.411 e. The third-order valence-corrected chi connectivity index (χ3v) is 5.55. The molecule has 0 bridgehead atoms. The molecule has 0 aliphatic rings. The Morgan fingerprint density at radius 3 is 2.38 bits per heavy atom. The predicted octanol–water partition coefficient (Wildman–Crippen LogP) is 5.49. The lowest BCUT2D eigenvalue weighted by atomic mass is 9.87. The number of carbonyl (C=O) groups is 1. The molecule has 29 heavy (non-hydrogen) atoms. The Bertz CT molecular complexity index is 974. The van der Waals surface area contributed by atoms with E-state index in [2.05, 4.69) is 43.1 Å². The van der Waals surface area contributed by atoms with Gasteiger partial charge in [0, 0.05) is 17.8 Å². The van der Waals surface area contributed by atoms with Gasteiger partial charge >= 0.3 is 0 Å². The predicted molar refractivity (Wildman–Crippen MR) is 118 cm³/mol. The maximum atomic E-state index is 12.7. The third kappa shape index (κ3) is 5.07. The van der Waals surface area contributed by atoms with Crippen molar-refractivity contribution in [1.82, 2.24) is 10.2 Å². The zero-order valence-electron chi connectivity index (χ0n) is 17.6. The lowest BCUT2D eigenvalue weighted by molar-refractivity contribution is -0.116. The van der Waals surface area contributed by atoms with Crippen molar-refractivity contribution in [2.45, 2.75) is 45.3 Å². The molecule has 0 N–H and O–H groups in total. The van der Waals surface area contributed by atoms with E-state index in [-0.39, 0.29) is 17.1 Å². The minimum atomic E-state index is 0.0149. The molecule has 2 aromatic carbocycles. The normalized spacial score (nSPS) is 11.5. The molecule has 0 aliphatic carbocycles.